The molecule has 0 fully saturated rings. The molecule has 0 spiro atoms. The molecule has 0 saturated carbocycles. The van der Waals surface area contributed by atoms with E-state index in [0.717, 1.165) is 96.3 Å². The number of allylic oxidation sites excluding steroid dienone is 16. The van der Waals surface area contributed by atoms with Crippen LogP contribution in [0.3, 0.4) is 0 Å². The number of carbonyl (C=O) groups excluding carboxylic acids is 2. The van der Waals surface area contributed by atoms with Crippen molar-refractivity contribution in [2.75, 3.05) is 19.8 Å². The van der Waals surface area contributed by atoms with Crippen LogP contribution in [0.5, 0.6) is 0 Å². The van der Waals surface area contributed by atoms with Gasteiger partial charge in [-0.2, -0.15) is 0 Å². The average Bonchev–Trinajstić information content (AvgIpc) is 3.32. The maximum atomic E-state index is 12.8. The third-order valence-electron chi connectivity index (χ3n) is 11.6. The van der Waals surface area contributed by atoms with Crippen LogP contribution < -0.4 is 0 Å². The Morgan fingerprint density at radius 3 is 1.15 bits per heavy atom. The van der Waals surface area contributed by atoms with E-state index in [2.05, 4.69) is 118 Å². The highest BCUT2D eigenvalue weighted by Crippen LogP contribution is 2.13. The molecule has 0 aliphatic carbocycles. The van der Waals surface area contributed by atoms with Crippen LogP contribution in [0, 0.1) is 0 Å². The van der Waals surface area contributed by atoms with Crippen molar-refractivity contribution in [3.63, 3.8) is 0 Å². The highest BCUT2D eigenvalue weighted by atomic mass is 16.6. The molecule has 0 N–H and O–H groups in total. The standard InChI is InChI=1S/C61H104O5/c1-4-7-10-13-16-19-22-25-28-30-31-33-34-36-39-42-45-48-51-54-60(62)65-58-59(57-64-56-53-50-47-44-41-38-27-24-21-18-15-12-9-6-3)66-61(63)55-52-49-46-43-40-37-35-32-29-26-23-20-17-14-11-8-5-2/h7,10,16-17,19-21,24-26,28-29,31,33,36,39,59H,4-6,8-9,11-15,18,22-23,27,30,32,34-35,37-38,40-58H2,1-3H3/b10-7-,19-16-,20-17-,24-21-,28-25-,29-26-,33-31-,39-36-. The summed E-state index contributed by atoms with van der Waals surface area (Å²) < 4.78 is 17.4. The van der Waals surface area contributed by atoms with Crippen molar-refractivity contribution in [1.29, 1.82) is 0 Å². The molecule has 1 unspecified atom stereocenters. The van der Waals surface area contributed by atoms with Crippen LogP contribution >= 0.6 is 0 Å². The summed E-state index contributed by atoms with van der Waals surface area (Å²) in [5.41, 5.74) is 0. The summed E-state index contributed by atoms with van der Waals surface area (Å²) in [7, 11) is 0. The van der Waals surface area contributed by atoms with Gasteiger partial charge in [0.15, 0.2) is 6.10 Å². The Labute approximate surface area is 409 Å². The average molecular weight is 917 g/mol. The van der Waals surface area contributed by atoms with Crippen molar-refractivity contribution in [2.24, 2.45) is 0 Å². The molecule has 378 valence electrons. The molecule has 1 atom stereocenters. The SMILES string of the molecule is CC/C=C\C/C=C\C/C=C\C/C=C\C/C=C\CCCCCC(=O)OCC(COCCCCCCCC/C=C\CCCCCC)OC(=O)CCCCCCCCC/C=C\C/C=C\CCCCC. The second-order valence-electron chi connectivity index (χ2n) is 18.1. The minimum absolute atomic E-state index is 0.0583. The van der Waals surface area contributed by atoms with Crippen molar-refractivity contribution in [3.8, 4) is 0 Å². The van der Waals surface area contributed by atoms with Gasteiger partial charge in [-0.3, -0.25) is 9.59 Å². The van der Waals surface area contributed by atoms with Gasteiger partial charge in [0.1, 0.15) is 6.61 Å². The molecule has 66 heavy (non-hydrogen) atoms. The Morgan fingerprint density at radius 1 is 0.348 bits per heavy atom. The monoisotopic (exact) mass is 917 g/mol. The second-order valence-corrected chi connectivity index (χ2v) is 18.1. The normalized spacial score (nSPS) is 13.0. The zero-order valence-corrected chi connectivity index (χ0v) is 43.4. The first-order chi connectivity index (χ1) is 32.6. The molecule has 0 aromatic carbocycles. The van der Waals surface area contributed by atoms with Gasteiger partial charge < -0.3 is 14.2 Å². The predicted molar refractivity (Wildman–Crippen MR) is 288 cm³/mol. The fourth-order valence-electron chi connectivity index (χ4n) is 7.44. The minimum Gasteiger partial charge on any atom is -0.462 e. The number of carbonyl (C=O) groups is 2. The van der Waals surface area contributed by atoms with E-state index < -0.39 is 6.10 Å². The van der Waals surface area contributed by atoms with Gasteiger partial charge in [-0.1, -0.05) is 214 Å². The zero-order chi connectivity index (χ0) is 47.7. The summed E-state index contributed by atoms with van der Waals surface area (Å²) in [6.07, 6.45) is 75.6. The lowest BCUT2D eigenvalue weighted by Crippen LogP contribution is -2.30. The largest absolute Gasteiger partial charge is 0.462 e. The second kappa shape index (κ2) is 56.1. The number of hydrogen-bond acceptors (Lipinski definition) is 5. The number of ether oxygens (including phenoxy) is 3. The lowest BCUT2D eigenvalue weighted by atomic mass is 10.1. The van der Waals surface area contributed by atoms with Crippen molar-refractivity contribution in [1.82, 2.24) is 0 Å². The van der Waals surface area contributed by atoms with Crippen LogP contribution in [-0.4, -0.2) is 37.9 Å². The van der Waals surface area contributed by atoms with Gasteiger partial charge in [0.05, 0.1) is 6.61 Å². The molecule has 0 heterocycles. The van der Waals surface area contributed by atoms with Crippen molar-refractivity contribution >= 4 is 11.9 Å². The first-order valence-corrected chi connectivity index (χ1v) is 27.8. The van der Waals surface area contributed by atoms with E-state index in [1.807, 2.05) is 0 Å². The fraction of sp³-hybridized carbons (Fsp3) is 0.705. The van der Waals surface area contributed by atoms with Gasteiger partial charge in [0.2, 0.25) is 0 Å². The number of unbranched alkanes of at least 4 members (excludes halogenated alkanes) is 23. The molecular formula is C61H104O5. The summed E-state index contributed by atoms with van der Waals surface area (Å²) in [6, 6.07) is 0. The molecule has 0 aliphatic rings. The van der Waals surface area contributed by atoms with E-state index in [-0.39, 0.29) is 25.2 Å². The third-order valence-corrected chi connectivity index (χ3v) is 11.6. The Kier molecular flexibility index (Phi) is 53.4. The predicted octanol–water partition coefficient (Wildman–Crippen LogP) is 19.0. The van der Waals surface area contributed by atoms with Gasteiger partial charge >= 0.3 is 11.9 Å². The summed E-state index contributed by atoms with van der Waals surface area (Å²) in [5.74, 6) is -0.446. The summed E-state index contributed by atoms with van der Waals surface area (Å²) in [6.45, 7) is 7.63. The van der Waals surface area contributed by atoms with Crippen molar-refractivity contribution in [2.45, 2.75) is 258 Å². The van der Waals surface area contributed by atoms with Crippen LogP contribution in [0.4, 0.5) is 0 Å². The summed E-state index contributed by atoms with van der Waals surface area (Å²) >= 11 is 0. The highest BCUT2D eigenvalue weighted by molar-refractivity contribution is 5.70. The molecule has 5 heteroatoms. The lowest BCUT2D eigenvalue weighted by molar-refractivity contribution is -0.163. The summed E-state index contributed by atoms with van der Waals surface area (Å²) in [5, 5.41) is 0. The van der Waals surface area contributed by atoms with Crippen molar-refractivity contribution < 1.29 is 23.8 Å². The first kappa shape index (κ1) is 62.8. The summed E-state index contributed by atoms with van der Waals surface area (Å²) in [4.78, 5) is 25.5. The van der Waals surface area contributed by atoms with Crippen molar-refractivity contribution in [3.05, 3.63) is 97.2 Å². The van der Waals surface area contributed by atoms with Crippen LogP contribution in [0.15, 0.2) is 97.2 Å². The van der Waals surface area contributed by atoms with E-state index in [1.165, 1.54) is 122 Å². The number of hydrogen-bond donors (Lipinski definition) is 0. The van der Waals surface area contributed by atoms with Crippen LogP contribution in [-0.2, 0) is 23.8 Å². The van der Waals surface area contributed by atoms with Gasteiger partial charge in [0.25, 0.3) is 0 Å². The Balaban J connectivity index is 4.36. The number of esters is 2. The molecule has 0 aromatic heterocycles. The topological polar surface area (TPSA) is 61.8 Å². The van der Waals surface area contributed by atoms with Gasteiger partial charge in [-0.25, -0.2) is 0 Å². The van der Waals surface area contributed by atoms with Crippen LogP contribution in [0.2, 0.25) is 0 Å². The molecule has 0 rings (SSSR count). The molecule has 0 saturated heterocycles. The van der Waals surface area contributed by atoms with Gasteiger partial charge in [-0.15, -0.1) is 0 Å². The molecule has 0 bridgehead atoms. The maximum absolute atomic E-state index is 12.8. The van der Waals surface area contributed by atoms with Crippen LogP contribution in [0.1, 0.15) is 252 Å². The van der Waals surface area contributed by atoms with Crippen LogP contribution in [0.25, 0.3) is 0 Å². The smallest absolute Gasteiger partial charge is 0.306 e. The Morgan fingerprint density at radius 2 is 0.682 bits per heavy atom. The molecule has 0 radical (unpaired) electrons. The Bertz CT molecular complexity index is 1270. The molecular weight excluding hydrogens is 813 g/mol. The Hall–Kier alpha value is -3.18. The van der Waals surface area contributed by atoms with E-state index in [4.69, 9.17) is 14.2 Å². The fourth-order valence-corrected chi connectivity index (χ4v) is 7.44. The van der Waals surface area contributed by atoms with E-state index in [9.17, 15) is 9.59 Å². The zero-order valence-electron chi connectivity index (χ0n) is 43.4. The highest BCUT2D eigenvalue weighted by Gasteiger charge is 2.17. The van der Waals surface area contributed by atoms with E-state index in [1.54, 1.807) is 0 Å². The molecule has 0 aliphatic heterocycles. The van der Waals surface area contributed by atoms with E-state index in [0.29, 0.717) is 19.4 Å². The quantitative estimate of drug-likeness (QED) is 0.0346. The maximum Gasteiger partial charge on any atom is 0.306 e. The van der Waals surface area contributed by atoms with Gasteiger partial charge in [-0.05, 0) is 122 Å². The molecule has 0 amide bonds. The van der Waals surface area contributed by atoms with E-state index >= 15 is 0 Å². The first-order valence-electron chi connectivity index (χ1n) is 27.8. The van der Waals surface area contributed by atoms with Gasteiger partial charge in [0, 0.05) is 19.4 Å². The minimum atomic E-state index is -0.563. The number of rotatable bonds is 50. The third kappa shape index (κ3) is 53.4. The molecule has 0 aromatic rings. The lowest BCUT2D eigenvalue weighted by Gasteiger charge is -2.18. The molecule has 5 nitrogen and oxygen atoms in total.